The van der Waals surface area contributed by atoms with Crippen LogP contribution in [0.3, 0.4) is 0 Å². The van der Waals surface area contributed by atoms with E-state index in [1.165, 1.54) is 12.8 Å². The van der Waals surface area contributed by atoms with Gasteiger partial charge in [0.2, 0.25) is 0 Å². The van der Waals surface area contributed by atoms with Crippen molar-refractivity contribution in [2.24, 2.45) is 5.92 Å². The zero-order valence-corrected chi connectivity index (χ0v) is 18.1. The van der Waals surface area contributed by atoms with Crippen LogP contribution in [0.1, 0.15) is 25.3 Å². The Balaban J connectivity index is 1.55. The van der Waals surface area contributed by atoms with Gasteiger partial charge in [-0.05, 0) is 55.5 Å². The molecule has 2 atom stereocenters. The zero-order valence-electron chi connectivity index (χ0n) is 18.1. The number of likely N-dealkylation sites (N-methyl/N-ethyl adjacent to an activating group) is 1. The van der Waals surface area contributed by atoms with Gasteiger partial charge in [-0.15, -0.1) is 0 Å². The lowest BCUT2D eigenvalue weighted by Crippen LogP contribution is -3.11. The molecule has 1 aliphatic rings. The molecule has 1 fully saturated rings. The SMILES string of the molecule is COc1ccc(NC(=O)C[NH+](C)CC(=O)N(Cc2ccccc2)[C@@H](C)C2CC2)cc1. The third kappa shape index (κ3) is 6.32. The predicted octanol–water partition coefficient (Wildman–Crippen LogP) is 1.98. The minimum Gasteiger partial charge on any atom is -0.497 e. The third-order valence-electron chi connectivity index (χ3n) is 5.60. The van der Waals surface area contributed by atoms with Crippen LogP contribution in [-0.2, 0) is 16.1 Å². The van der Waals surface area contributed by atoms with Crippen molar-refractivity contribution in [3.05, 3.63) is 60.2 Å². The van der Waals surface area contributed by atoms with Crippen LogP contribution in [-0.4, -0.2) is 50.0 Å². The van der Waals surface area contributed by atoms with Gasteiger partial charge in [0.1, 0.15) is 5.75 Å². The number of hydrogen-bond donors (Lipinski definition) is 2. The van der Waals surface area contributed by atoms with Crippen LogP contribution in [0.5, 0.6) is 5.75 Å². The summed E-state index contributed by atoms with van der Waals surface area (Å²) in [6.07, 6.45) is 2.37. The summed E-state index contributed by atoms with van der Waals surface area (Å²) in [5, 5.41) is 2.88. The van der Waals surface area contributed by atoms with Crippen molar-refractivity contribution in [1.82, 2.24) is 4.90 Å². The number of nitrogens with one attached hydrogen (secondary N) is 2. The maximum atomic E-state index is 13.1. The fourth-order valence-corrected chi connectivity index (χ4v) is 3.65. The minimum atomic E-state index is -0.115. The second-order valence-corrected chi connectivity index (χ2v) is 8.17. The molecule has 0 bridgehead atoms. The van der Waals surface area contributed by atoms with E-state index in [4.69, 9.17) is 4.74 Å². The lowest BCUT2D eigenvalue weighted by atomic mass is 10.1. The topological polar surface area (TPSA) is 63.1 Å². The molecular weight excluding hydrogens is 378 g/mol. The van der Waals surface area contributed by atoms with E-state index in [9.17, 15) is 9.59 Å². The number of hydrogen-bond acceptors (Lipinski definition) is 3. The molecule has 0 aliphatic heterocycles. The van der Waals surface area contributed by atoms with Crippen molar-refractivity contribution in [3.8, 4) is 5.75 Å². The van der Waals surface area contributed by atoms with E-state index < -0.39 is 0 Å². The average molecular weight is 411 g/mol. The van der Waals surface area contributed by atoms with Gasteiger partial charge < -0.3 is 19.9 Å². The highest BCUT2D eigenvalue weighted by molar-refractivity contribution is 5.91. The monoisotopic (exact) mass is 410 g/mol. The molecular formula is C24H32N3O3+. The minimum absolute atomic E-state index is 0.0907. The number of quaternary nitrogens is 1. The number of ether oxygens (including phenoxy) is 1. The van der Waals surface area contributed by atoms with Crippen molar-refractivity contribution in [2.45, 2.75) is 32.4 Å². The van der Waals surface area contributed by atoms with Gasteiger partial charge >= 0.3 is 0 Å². The van der Waals surface area contributed by atoms with Gasteiger partial charge in [0.05, 0.1) is 14.2 Å². The van der Waals surface area contributed by atoms with Crippen molar-refractivity contribution in [1.29, 1.82) is 0 Å². The lowest BCUT2D eigenvalue weighted by Gasteiger charge is -2.30. The van der Waals surface area contributed by atoms with Gasteiger partial charge in [-0.3, -0.25) is 9.59 Å². The Bertz CT molecular complexity index is 835. The van der Waals surface area contributed by atoms with Crippen LogP contribution in [0.2, 0.25) is 0 Å². The maximum Gasteiger partial charge on any atom is 0.279 e. The van der Waals surface area contributed by atoms with Gasteiger partial charge in [-0.2, -0.15) is 0 Å². The Morgan fingerprint density at radius 3 is 2.37 bits per heavy atom. The summed E-state index contributed by atoms with van der Waals surface area (Å²) in [4.78, 5) is 28.3. The highest BCUT2D eigenvalue weighted by Crippen LogP contribution is 2.35. The van der Waals surface area contributed by atoms with Crippen molar-refractivity contribution >= 4 is 17.5 Å². The molecule has 3 rings (SSSR count). The van der Waals surface area contributed by atoms with Crippen molar-refractivity contribution in [3.63, 3.8) is 0 Å². The third-order valence-corrected chi connectivity index (χ3v) is 5.60. The number of methoxy groups -OCH3 is 1. The summed E-state index contributed by atoms with van der Waals surface area (Å²) in [7, 11) is 3.49. The Kier molecular flexibility index (Phi) is 7.46. The molecule has 1 aliphatic carbocycles. The van der Waals surface area contributed by atoms with Gasteiger partial charge in [0.25, 0.3) is 11.8 Å². The fraction of sp³-hybridized carbons (Fsp3) is 0.417. The Hall–Kier alpha value is -2.86. The molecule has 2 aromatic rings. The van der Waals surface area contributed by atoms with E-state index in [0.717, 1.165) is 16.2 Å². The Morgan fingerprint density at radius 1 is 1.10 bits per heavy atom. The predicted molar refractivity (Wildman–Crippen MR) is 117 cm³/mol. The number of rotatable bonds is 10. The molecule has 1 saturated carbocycles. The molecule has 6 heteroatoms. The van der Waals surface area contributed by atoms with E-state index in [0.29, 0.717) is 24.7 Å². The van der Waals surface area contributed by atoms with Gasteiger partial charge in [-0.25, -0.2) is 0 Å². The Morgan fingerprint density at radius 2 is 1.77 bits per heavy atom. The molecule has 2 aromatic carbocycles. The number of amides is 2. The second kappa shape index (κ2) is 10.3. The fourth-order valence-electron chi connectivity index (χ4n) is 3.65. The van der Waals surface area contributed by atoms with Crippen LogP contribution >= 0.6 is 0 Å². The molecule has 0 aromatic heterocycles. The van der Waals surface area contributed by atoms with E-state index in [1.807, 2.05) is 30.1 Å². The standard InChI is InChI=1S/C24H31N3O3/c1-18(20-9-10-20)27(15-19-7-5-4-6-8-19)24(29)17-26(2)16-23(28)25-21-11-13-22(30-3)14-12-21/h4-8,11-14,18,20H,9-10,15-17H2,1-3H3,(H,25,28)/p+1/t18-/m0/s1. The quantitative estimate of drug-likeness (QED) is 0.630. The molecule has 2 N–H and O–H groups in total. The van der Waals surface area contributed by atoms with E-state index in [-0.39, 0.29) is 24.4 Å². The largest absolute Gasteiger partial charge is 0.497 e. The van der Waals surface area contributed by atoms with Crippen LogP contribution in [0.25, 0.3) is 0 Å². The summed E-state index contributed by atoms with van der Waals surface area (Å²) in [5.74, 6) is 1.31. The summed E-state index contributed by atoms with van der Waals surface area (Å²) in [6.45, 7) is 3.28. The van der Waals surface area contributed by atoms with Crippen molar-refractivity contribution < 1.29 is 19.2 Å². The number of carbonyl (C=O) groups excluding carboxylic acids is 2. The van der Waals surface area contributed by atoms with Gasteiger partial charge in [0.15, 0.2) is 13.1 Å². The Labute approximate surface area is 178 Å². The molecule has 6 nitrogen and oxygen atoms in total. The smallest absolute Gasteiger partial charge is 0.279 e. The van der Waals surface area contributed by atoms with Crippen molar-refractivity contribution in [2.75, 3.05) is 32.6 Å². The highest BCUT2D eigenvalue weighted by atomic mass is 16.5. The molecule has 1 unspecified atom stereocenters. The first kappa shape index (κ1) is 21.8. The molecule has 0 heterocycles. The molecule has 2 amide bonds. The zero-order chi connectivity index (χ0) is 21.5. The van der Waals surface area contributed by atoms with Crippen LogP contribution < -0.4 is 15.0 Å². The number of carbonyl (C=O) groups is 2. The first-order valence-electron chi connectivity index (χ1n) is 10.5. The van der Waals surface area contributed by atoms with E-state index >= 15 is 0 Å². The first-order valence-corrected chi connectivity index (χ1v) is 10.5. The first-order chi connectivity index (χ1) is 14.5. The summed E-state index contributed by atoms with van der Waals surface area (Å²) in [6, 6.07) is 17.5. The van der Waals surface area contributed by atoms with Crippen LogP contribution in [0.4, 0.5) is 5.69 Å². The second-order valence-electron chi connectivity index (χ2n) is 8.17. The molecule has 0 saturated heterocycles. The maximum absolute atomic E-state index is 13.1. The summed E-state index contributed by atoms with van der Waals surface area (Å²) < 4.78 is 5.13. The highest BCUT2D eigenvalue weighted by Gasteiger charge is 2.35. The molecule has 0 spiro atoms. The summed E-state index contributed by atoms with van der Waals surface area (Å²) in [5.41, 5.74) is 1.85. The number of benzene rings is 2. The van der Waals surface area contributed by atoms with Gasteiger partial charge in [0, 0.05) is 18.3 Å². The molecule has 30 heavy (non-hydrogen) atoms. The summed E-state index contributed by atoms with van der Waals surface area (Å²) >= 11 is 0. The number of nitrogens with zero attached hydrogens (tertiary/aromatic N) is 1. The molecule has 160 valence electrons. The average Bonchev–Trinajstić information content (AvgIpc) is 3.58. The molecule has 0 radical (unpaired) electrons. The lowest BCUT2D eigenvalue weighted by molar-refractivity contribution is -0.862. The van der Waals surface area contributed by atoms with E-state index in [2.05, 4.69) is 24.4 Å². The van der Waals surface area contributed by atoms with Crippen LogP contribution in [0, 0.1) is 5.92 Å². The van der Waals surface area contributed by atoms with Crippen LogP contribution in [0.15, 0.2) is 54.6 Å². The normalized spacial score (nSPS) is 15.2. The van der Waals surface area contributed by atoms with Gasteiger partial charge in [-0.1, -0.05) is 30.3 Å². The van der Waals surface area contributed by atoms with E-state index in [1.54, 1.807) is 31.4 Å². The number of anilines is 1.